The lowest BCUT2D eigenvalue weighted by molar-refractivity contribution is -0.606. The van der Waals surface area contributed by atoms with Crippen LogP contribution >= 0.6 is 15.9 Å². The monoisotopic (exact) mass is 335 g/mol. The average molecular weight is 336 g/mol. The van der Waals surface area contributed by atoms with E-state index in [4.69, 9.17) is 4.74 Å². The van der Waals surface area contributed by atoms with Crippen molar-refractivity contribution < 1.29 is 18.2 Å². The first-order valence-corrected chi connectivity index (χ1v) is 6.98. The van der Waals surface area contributed by atoms with Gasteiger partial charge in [-0.15, -0.1) is 0 Å². The highest BCUT2D eigenvalue weighted by molar-refractivity contribution is 9.10. The van der Waals surface area contributed by atoms with Gasteiger partial charge in [0.1, 0.15) is 10.2 Å². The zero-order valence-corrected chi connectivity index (χ0v) is 12.3. The molecule has 1 fully saturated rings. The van der Waals surface area contributed by atoms with Crippen LogP contribution in [0.1, 0.15) is 32.6 Å². The van der Waals surface area contributed by atoms with E-state index in [-0.39, 0.29) is 18.3 Å². The fourth-order valence-corrected chi connectivity index (χ4v) is 2.62. The number of alkyl halides is 2. The van der Waals surface area contributed by atoms with Gasteiger partial charge in [-0.05, 0) is 28.8 Å². The highest BCUT2D eigenvalue weighted by atomic mass is 79.9. The molecule has 1 heterocycles. The van der Waals surface area contributed by atoms with Gasteiger partial charge in [0.25, 0.3) is 0 Å². The third-order valence-electron chi connectivity index (χ3n) is 3.61. The van der Waals surface area contributed by atoms with E-state index in [1.165, 1.54) is 12.4 Å². The Morgan fingerprint density at radius 1 is 1.37 bits per heavy atom. The van der Waals surface area contributed by atoms with Gasteiger partial charge < -0.3 is 9.94 Å². The van der Waals surface area contributed by atoms with E-state index in [0.717, 1.165) is 0 Å². The van der Waals surface area contributed by atoms with Crippen molar-refractivity contribution in [2.75, 3.05) is 6.61 Å². The Kier molecular flexibility index (Phi) is 3.99. The first kappa shape index (κ1) is 14.5. The predicted octanol–water partition coefficient (Wildman–Crippen LogP) is 3.68. The summed E-state index contributed by atoms with van der Waals surface area (Å²) in [7, 11) is 0. The molecule has 0 amide bonds. The Hall–Kier alpha value is -0.910. The Bertz CT molecular complexity index is 458. The molecule has 1 aliphatic rings. The van der Waals surface area contributed by atoms with Crippen LogP contribution in [0.25, 0.3) is 0 Å². The quantitative estimate of drug-likeness (QED) is 0.624. The molecule has 1 aromatic heterocycles. The van der Waals surface area contributed by atoms with Crippen LogP contribution in [-0.2, 0) is 0 Å². The van der Waals surface area contributed by atoms with Crippen molar-refractivity contribution in [3.05, 3.63) is 28.1 Å². The van der Waals surface area contributed by atoms with Crippen molar-refractivity contribution >= 4 is 15.9 Å². The number of pyridine rings is 1. The molecule has 0 atom stereocenters. The van der Waals surface area contributed by atoms with Gasteiger partial charge in [0.05, 0.1) is 6.61 Å². The molecule has 1 saturated carbocycles. The first-order valence-electron chi connectivity index (χ1n) is 6.19. The van der Waals surface area contributed by atoms with E-state index in [9.17, 15) is 14.0 Å². The Labute approximate surface area is 119 Å². The fourth-order valence-electron chi connectivity index (χ4n) is 2.17. The lowest BCUT2D eigenvalue weighted by Gasteiger charge is -2.36. The smallest absolute Gasteiger partial charge is 0.248 e. The van der Waals surface area contributed by atoms with Crippen molar-refractivity contribution in [1.29, 1.82) is 0 Å². The SMILES string of the molecule is CC1(COc2cc[n+]([O-])cc2Br)CCC(F)(F)CC1. The molecule has 1 aromatic rings. The molecule has 2 rings (SSSR count). The van der Waals surface area contributed by atoms with Crippen molar-refractivity contribution in [3.8, 4) is 5.75 Å². The molecule has 0 bridgehead atoms. The largest absolute Gasteiger partial charge is 0.619 e. The van der Waals surface area contributed by atoms with E-state index in [1.54, 1.807) is 6.07 Å². The van der Waals surface area contributed by atoms with Gasteiger partial charge in [-0.1, -0.05) is 6.92 Å². The van der Waals surface area contributed by atoms with Gasteiger partial charge in [-0.2, -0.15) is 4.73 Å². The van der Waals surface area contributed by atoms with Crippen LogP contribution in [0.4, 0.5) is 8.78 Å². The van der Waals surface area contributed by atoms with Gasteiger partial charge in [0, 0.05) is 24.3 Å². The van der Waals surface area contributed by atoms with E-state index < -0.39 is 5.92 Å². The van der Waals surface area contributed by atoms with Gasteiger partial charge in [-0.3, -0.25) is 0 Å². The van der Waals surface area contributed by atoms with Crippen LogP contribution in [0, 0.1) is 10.6 Å². The highest BCUT2D eigenvalue weighted by Crippen LogP contribution is 2.43. The maximum Gasteiger partial charge on any atom is 0.248 e. The molecular formula is C13H16BrF2NO2. The molecule has 6 heteroatoms. The Balaban J connectivity index is 1.95. The molecule has 0 unspecified atom stereocenters. The topological polar surface area (TPSA) is 36.2 Å². The molecule has 0 aliphatic heterocycles. The summed E-state index contributed by atoms with van der Waals surface area (Å²) < 4.78 is 33.2. The number of aromatic nitrogens is 1. The lowest BCUT2D eigenvalue weighted by atomic mass is 9.75. The minimum atomic E-state index is -2.53. The summed E-state index contributed by atoms with van der Waals surface area (Å²) in [6.45, 7) is 2.34. The summed E-state index contributed by atoms with van der Waals surface area (Å²) in [5.41, 5.74) is -0.232. The van der Waals surface area contributed by atoms with Crippen molar-refractivity contribution in [2.45, 2.75) is 38.5 Å². The summed E-state index contributed by atoms with van der Waals surface area (Å²) in [6, 6.07) is 1.57. The number of nitrogens with zero attached hydrogens (tertiary/aromatic N) is 1. The fraction of sp³-hybridized carbons (Fsp3) is 0.615. The lowest BCUT2D eigenvalue weighted by Crippen LogP contribution is -2.35. The maximum atomic E-state index is 13.1. The molecular weight excluding hydrogens is 320 g/mol. The van der Waals surface area contributed by atoms with Crippen LogP contribution in [0.2, 0.25) is 0 Å². The number of halogens is 3. The van der Waals surface area contributed by atoms with Gasteiger partial charge in [-0.25, -0.2) is 8.78 Å². The summed E-state index contributed by atoms with van der Waals surface area (Å²) in [5, 5.41) is 11.0. The number of ether oxygens (including phenoxy) is 1. The number of rotatable bonds is 3. The summed E-state index contributed by atoms with van der Waals surface area (Å²) in [4.78, 5) is 0. The second-order valence-corrected chi connectivity index (χ2v) is 6.33. The normalized spacial score (nSPS) is 21.1. The van der Waals surface area contributed by atoms with E-state index in [0.29, 0.717) is 34.4 Å². The van der Waals surface area contributed by atoms with Crippen LogP contribution in [0.5, 0.6) is 5.75 Å². The average Bonchev–Trinajstić information content (AvgIpc) is 2.33. The molecule has 3 nitrogen and oxygen atoms in total. The summed E-state index contributed by atoms with van der Waals surface area (Å²) in [5.74, 6) is -1.97. The Morgan fingerprint density at radius 3 is 2.58 bits per heavy atom. The zero-order chi connectivity index (χ0) is 14.1. The van der Waals surface area contributed by atoms with Crippen LogP contribution in [0.3, 0.4) is 0 Å². The number of hydrogen-bond acceptors (Lipinski definition) is 2. The van der Waals surface area contributed by atoms with Crippen LogP contribution in [-0.4, -0.2) is 12.5 Å². The summed E-state index contributed by atoms with van der Waals surface area (Å²) in [6.07, 6.45) is 3.44. The first-order chi connectivity index (χ1) is 8.80. The molecule has 106 valence electrons. The van der Waals surface area contributed by atoms with Gasteiger partial charge >= 0.3 is 0 Å². The van der Waals surface area contributed by atoms with Gasteiger partial charge in [0.2, 0.25) is 5.92 Å². The summed E-state index contributed by atoms with van der Waals surface area (Å²) >= 11 is 3.24. The molecule has 0 aromatic carbocycles. The predicted molar refractivity (Wildman–Crippen MR) is 70.1 cm³/mol. The molecule has 0 spiro atoms. The molecule has 19 heavy (non-hydrogen) atoms. The van der Waals surface area contributed by atoms with E-state index in [2.05, 4.69) is 15.9 Å². The van der Waals surface area contributed by atoms with E-state index >= 15 is 0 Å². The molecule has 0 saturated heterocycles. The minimum Gasteiger partial charge on any atom is -0.619 e. The molecule has 1 aliphatic carbocycles. The zero-order valence-electron chi connectivity index (χ0n) is 10.7. The standard InChI is InChI=1S/C13H16BrF2NO2/c1-12(3-5-13(15,16)6-4-12)9-19-11-2-7-17(18)8-10(11)14/h2,7-8H,3-6,9H2,1H3. The maximum absolute atomic E-state index is 13.1. The molecule has 0 radical (unpaired) electrons. The highest BCUT2D eigenvalue weighted by Gasteiger charge is 2.41. The minimum absolute atomic E-state index is 0.0800. The Morgan fingerprint density at radius 2 is 2.00 bits per heavy atom. The third kappa shape index (κ3) is 3.78. The van der Waals surface area contributed by atoms with Crippen molar-refractivity contribution in [2.24, 2.45) is 5.41 Å². The second kappa shape index (κ2) is 5.23. The molecule has 0 N–H and O–H groups in total. The second-order valence-electron chi connectivity index (χ2n) is 5.47. The van der Waals surface area contributed by atoms with E-state index in [1.807, 2.05) is 6.92 Å². The van der Waals surface area contributed by atoms with Gasteiger partial charge in [0.15, 0.2) is 12.4 Å². The van der Waals surface area contributed by atoms with Crippen molar-refractivity contribution in [1.82, 2.24) is 0 Å². The number of hydrogen-bond donors (Lipinski definition) is 0. The van der Waals surface area contributed by atoms with Crippen LogP contribution in [0.15, 0.2) is 22.9 Å². The third-order valence-corrected chi connectivity index (χ3v) is 4.21. The van der Waals surface area contributed by atoms with Crippen LogP contribution < -0.4 is 9.47 Å². The van der Waals surface area contributed by atoms with Crippen molar-refractivity contribution in [3.63, 3.8) is 0 Å².